The Morgan fingerprint density at radius 2 is 1.95 bits per heavy atom. The van der Waals surface area contributed by atoms with Crippen LogP contribution in [0.3, 0.4) is 0 Å². The van der Waals surface area contributed by atoms with Gasteiger partial charge < -0.3 is 4.90 Å². The Hall–Kier alpha value is -2.14. The maximum atomic E-state index is 12.1. The first kappa shape index (κ1) is 16.2. The molecule has 2 amide bonds. The highest BCUT2D eigenvalue weighted by Gasteiger charge is 2.26. The van der Waals surface area contributed by atoms with Gasteiger partial charge in [-0.15, -0.1) is 0 Å². The van der Waals surface area contributed by atoms with Crippen molar-refractivity contribution >= 4 is 17.9 Å². The Labute approximate surface area is 130 Å². The van der Waals surface area contributed by atoms with Gasteiger partial charge in [0, 0.05) is 25.1 Å². The van der Waals surface area contributed by atoms with Crippen LogP contribution in [0.2, 0.25) is 0 Å². The zero-order chi connectivity index (χ0) is 15.8. The van der Waals surface area contributed by atoms with E-state index in [4.69, 9.17) is 4.84 Å². The van der Waals surface area contributed by atoms with E-state index in [1.165, 1.54) is 0 Å². The number of rotatable bonds is 5. The first-order valence-electron chi connectivity index (χ1n) is 7.64. The topological polar surface area (TPSA) is 58.6 Å². The maximum absolute atomic E-state index is 12.1. The average Bonchev–Trinajstić information content (AvgIpc) is 2.58. The van der Waals surface area contributed by atoms with Crippen LogP contribution in [0.4, 0.5) is 0 Å². The first-order chi connectivity index (χ1) is 10.7. The number of nitrogens with zero attached hydrogens (tertiary/aromatic N) is 1. The Bertz CT molecular complexity index is 520. The molecule has 2 rings (SSSR count). The third-order valence-electron chi connectivity index (χ3n) is 3.71. The van der Waals surface area contributed by atoms with E-state index in [0.29, 0.717) is 32.5 Å². The lowest BCUT2D eigenvalue weighted by atomic mass is 9.96. The minimum Gasteiger partial charge on any atom is -0.339 e. The summed E-state index contributed by atoms with van der Waals surface area (Å²) in [4.78, 5) is 30.6. The fourth-order valence-corrected chi connectivity index (χ4v) is 2.43. The van der Waals surface area contributed by atoms with E-state index in [1.807, 2.05) is 43.3 Å². The second kappa shape index (κ2) is 8.34. The quantitative estimate of drug-likeness (QED) is 0.668. The number of nitrogens with one attached hydrogen (secondary N) is 1. The zero-order valence-corrected chi connectivity index (χ0v) is 12.8. The molecule has 1 N–H and O–H groups in total. The number of carbonyl (C=O) groups excluding carboxylic acids is 2. The van der Waals surface area contributed by atoms with Gasteiger partial charge in [0.15, 0.2) is 0 Å². The van der Waals surface area contributed by atoms with Crippen molar-refractivity contribution in [2.75, 3.05) is 19.7 Å². The summed E-state index contributed by atoms with van der Waals surface area (Å²) in [6.07, 6.45) is 4.75. The summed E-state index contributed by atoms with van der Waals surface area (Å²) in [5.41, 5.74) is 3.44. The SMILES string of the molecule is CCONC(=O)C1CCN(C(=O)C=Cc2ccccc2)CC1. The molecule has 5 heteroatoms. The summed E-state index contributed by atoms with van der Waals surface area (Å²) in [7, 11) is 0. The van der Waals surface area contributed by atoms with Crippen molar-refractivity contribution in [3.05, 3.63) is 42.0 Å². The lowest BCUT2D eigenvalue weighted by Crippen LogP contribution is -2.42. The van der Waals surface area contributed by atoms with Crippen LogP contribution in [0.1, 0.15) is 25.3 Å². The number of amides is 2. The molecule has 0 bridgehead atoms. The van der Waals surface area contributed by atoms with Crippen LogP contribution in [0, 0.1) is 5.92 Å². The van der Waals surface area contributed by atoms with Crippen molar-refractivity contribution in [3.63, 3.8) is 0 Å². The predicted molar refractivity (Wildman–Crippen MR) is 84.5 cm³/mol. The minimum atomic E-state index is -0.0891. The van der Waals surface area contributed by atoms with E-state index >= 15 is 0 Å². The number of hydroxylamine groups is 1. The Kier molecular flexibility index (Phi) is 6.15. The molecule has 0 saturated carbocycles. The Morgan fingerprint density at radius 1 is 1.27 bits per heavy atom. The number of hydrogen-bond acceptors (Lipinski definition) is 3. The van der Waals surface area contributed by atoms with Gasteiger partial charge in [-0.25, -0.2) is 5.48 Å². The van der Waals surface area contributed by atoms with Crippen LogP contribution in [0.25, 0.3) is 6.08 Å². The Morgan fingerprint density at radius 3 is 2.59 bits per heavy atom. The van der Waals surface area contributed by atoms with Crippen molar-refractivity contribution in [2.45, 2.75) is 19.8 Å². The fourth-order valence-electron chi connectivity index (χ4n) is 2.43. The predicted octanol–water partition coefficient (Wildman–Crippen LogP) is 2.01. The van der Waals surface area contributed by atoms with Crippen molar-refractivity contribution in [1.29, 1.82) is 0 Å². The molecule has 0 radical (unpaired) electrons. The van der Waals surface area contributed by atoms with Crippen LogP contribution in [0.5, 0.6) is 0 Å². The molecule has 0 aliphatic carbocycles. The monoisotopic (exact) mass is 302 g/mol. The van der Waals surface area contributed by atoms with Crippen LogP contribution in [-0.4, -0.2) is 36.4 Å². The molecular formula is C17H22N2O3. The van der Waals surface area contributed by atoms with Crippen molar-refractivity contribution < 1.29 is 14.4 Å². The van der Waals surface area contributed by atoms with Crippen molar-refractivity contribution in [1.82, 2.24) is 10.4 Å². The zero-order valence-electron chi connectivity index (χ0n) is 12.8. The second-order valence-electron chi connectivity index (χ2n) is 5.24. The number of likely N-dealkylation sites (tertiary alicyclic amines) is 1. The summed E-state index contributed by atoms with van der Waals surface area (Å²) in [5, 5.41) is 0. The summed E-state index contributed by atoms with van der Waals surface area (Å²) < 4.78 is 0. The van der Waals surface area contributed by atoms with Gasteiger partial charge in [0.1, 0.15) is 0 Å². The highest BCUT2D eigenvalue weighted by atomic mass is 16.6. The van der Waals surface area contributed by atoms with Gasteiger partial charge in [0.2, 0.25) is 11.8 Å². The van der Waals surface area contributed by atoms with E-state index in [0.717, 1.165) is 5.56 Å². The fraction of sp³-hybridized carbons (Fsp3) is 0.412. The summed E-state index contributed by atoms with van der Waals surface area (Å²) in [5.74, 6) is -0.171. The standard InChI is InChI=1S/C17H22N2O3/c1-2-22-18-17(21)15-10-12-19(13-11-15)16(20)9-8-14-6-4-3-5-7-14/h3-9,15H,2,10-13H2,1H3,(H,18,21). The Balaban J connectivity index is 1.80. The molecular weight excluding hydrogens is 280 g/mol. The molecule has 1 saturated heterocycles. The normalized spacial score (nSPS) is 16.0. The van der Waals surface area contributed by atoms with Crippen LogP contribution >= 0.6 is 0 Å². The van der Waals surface area contributed by atoms with Gasteiger partial charge in [0.25, 0.3) is 0 Å². The summed E-state index contributed by atoms with van der Waals surface area (Å²) in [6.45, 7) is 3.47. The van der Waals surface area contributed by atoms with Gasteiger partial charge in [-0.05, 0) is 31.4 Å². The molecule has 22 heavy (non-hydrogen) atoms. The van der Waals surface area contributed by atoms with E-state index < -0.39 is 0 Å². The van der Waals surface area contributed by atoms with Crippen molar-refractivity contribution in [2.24, 2.45) is 5.92 Å². The number of piperidine rings is 1. The third-order valence-corrected chi connectivity index (χ3v) is 3.71. The maximum Gasteiger partial charge on any atom is 0.246 e. The molecule has 1 aliphatic heterocycles. The van der Waals surface area contributed by atoms with Gasteiger partial charge in [-0.1, -0.05) is 30.3 Å². The number of carbonyl (C=O) groups is 2. The highest BCUT2D eigenvalue weighted by molar-refractivity contribution is 5.92. The molecule has 5 nitrogen and oxygen atoms in total. The molecule has 0 unspecified atom stereocenters. The van der Waals surface area contributed by atoms with E-state index in [2.05, 4.69) is 5.48 Å². The molecule has 1 heterocycles. The van der Waals surface area contributed by atoms with Gasteiger partial charge in [0.05, 0.1) is 6.61 Å². The lowest BCUT2D eigenvalue weighted by molar-refractivity contribution is -0.140. The van der Waals surface area contributed by atoms with Crippen molar-refractivity contribution in [3.8, 4) is 0 Å². The van der Waals surface area contributed by atoms with Crippen LogP contribution < -0.4 is 5.48 Å². The molecule has 1 fully saturated rings. The van der Waals surface area contributed by atoms with Gasteiger partial charge >= 0.3 is 0 Å². The van der Waals surface area contributed by atoms with Gasteiger partial charge in [-0.3, -0.25) is 14.4 Å². The molecule has 0 aromatic heterocycles. The molecule has 118 valence electrons. The average molecular weight is 302 g/mol. The molecule has 1 aliphatic rings. The van der Waals surface area contributed by atoms with E-state index in [1.54, 1.807) is 11.0 Å². The summed E-state index contributed by atoms with van der Waals surface area (Å²) in [6, 6.07) is 9.72. The minimum absolute atomic E-state index is 0.00693. The van der Waals surface area contributed by atoms with Crippen LogP contribution in [-0.2, 0) is 14.4 Å². The summed E-state index contributed by atoms with van der Waals surface area (Å²) >= 11 is 0. The lowest BCUT2D eigenvalue weighted by Gasteiger charge is -2.30. The van der Waals surface area contributed by atoms with Crippen LogP contribution in [0.15, 0.2) is 36.4 Å². The number of benzene rings is 1. The molecule has 1 aromatic rings. The first-order valence-corrected chi connectivity index (χ1v) is 7.64. The van der Waals surface area contributed by atoms with E-state index in [-0.39, 0.29) is 17.7 Å². The highest BCUT2D eigenvalue weighted by Crippen LogP contribution is 2.17. The molecule has 0 spiro atoms. The van der Waals surface area contributed by atoms with E-state index in [9.17, 15) is 9.59 Å². The van der Waals surface area contributed by atoms with Gasteiger partial charge in [-0.2, -0.15) is 0 Å². The third kappa shape index (κ3) is 4.70. The molecule has 0 atom stereocenters. The largest absolute Gasteiger partial charge is 0.339 e. The smallest absolute Gasteiger partial charge is 0.246 e. The number of hydrogen-bond donors (Lipinski definition) is 1. The molecule has 1 aromatic carbocycles. The second-order valence-corrected chi connectivity index (χ2v) is 5.24.